The predicted octanol–water partition coefficient (Wildman–Crippen LogP) is 3.67. The van der Waals surface area contributed by atoms with E-state index in [1.165, 1.54) is 0 Å². The molecule has 2 aromatic rings. The van der Waals surface area contributed by atoms with Crippen LogP contribution < -0.4 is 20.5 Å². The van der Waals surface area contributed by atoms with Crippen LogP contribution in [0.15, 0.2) is 41.3 Å². The minimum atomic E-state index is -0.306. The molecule has 3 heterocycles. The third kappa shape index (κ3) is 5.37. The van der Waals surface area contributed by atoms with Gasteiger partial charge in [-0.1, -0.05) is 12.1 Å². The molecule has 2 fully saturated rings. The molecule has 1 aromatic carbocycles. The molecule has 2 saturated heterocycles. The first kappa shape index (κ1) is 28.0. The minimum absolute atomic E-state index is 0. The first-order valence-corrected chi connectivity index (χ1v) is 11.5. The number of methoxy groups -OCH3 is 1. The van der Waals surface area contributed by atoms with Crippen LogP contribution in [-0.2, 0) is 0 Å². The lowest BCUT2D eigenvalue weighted by Crippen LogP contribution is -2.61. The van der Waals surface area contributed by atoms with Crippen LogP contribution in [0.5, 0.6) is 5.75 Å². The quantitative estimate of drug-likeness (QED) is 0.679. The molecular weight excluding hydrogens is 475 g/mol. The molecule has 0 spiro atoms. The number of aryl methyl sites for hydroxylation is 1. The standard InChI is InChI=1S/C25H34N4O3.2ClH/c1-18-11-14-28(19-9-12-26-13-10-19)24(31)22(18)23(30)27-15-16-29(25(2,3)17-27)20-7-5-6-8-21(20)32-4;;/h5-8,11,14,19,26H,9-10,12-13,15-17H2,1-4H3;2*1H. The highest BCUT2D eigenvalue weighted by atomic mass is 35.5. The molecule has 188 valence electrons. The summed E-state index contributed by atoms with van der Waals surface area (Å²) in [5.74, 6) is 0.660. The molecule has 1 N–H and O–H groups in total. The van der Waals surface area contributed by atoms with Gasteiger partial charge in [0.25, 0.3) is 11.5 Å². The van der Waals surface area contributed by atoms with E-state index in [-0.39, 0.29) is 47.9 Å². The van der Waals surface area contributed by atoms with Gasteiger partial charge in [0.1, 0.15) is 11.3 Å². The highest BCUT2D eigenvalue weighted by Crippen LogP contribution is 2.35. The second-order valence-electron chi connectivity index (χ2n) is 9.43. The van der Waals surface area contributed by atoms with Gasteiger partial charge in [0.15, 0.2) is 0 Å². The van der Waals surface area contributed by atoms with Gasteiger partial charge in [-0.2, -0.15) is 0 Å². The Labute approximate surface area is 214 Å². The highest BCUT2D eigenvalue weighted by Gasteiger charge is 2.38. The first-order chi connectivity index (χ1) is 15.3. The van der Waals surface area contributed by atoms with Crippen LogP contribution in [0.3, 0.4) is 0 Å². The van der Waals surface area contributed by atoms with Crippen LogP contribution in [0.2, 0.25) is 0 Å². The van der Waals surface area contributed by atoms with Gasteiger partial charge in [-0.15, -0.1) is 24.8 Å². The van der Waals surface area contributed by atoms with Crippen LogP contribution in [0.25, 0.3) is 0 Å². The van der Waals surface area contributed by atoms with E-state index in [2.05, 4.69) is 30.1 Å². The second kappa shape index (κ2) is 11.5. The van der Waals surface area contributed by atoms with Gasteiger partial charge >= 0.3 is 0 Å². The molecule has 0 aliphatic carbocycles. The average Bonchev–Trinajstić information content (AvgIpc) is 2.79. The van der Waals surface area contributed by atoms with E-state index < -0.39 is 0 Å². The fourth-order valence-corrected chi connectivity index (χ4v) is 5.06. The van der Waals surface area contributed by atoms with Crippen molar-refractivity contribution in [2.75, 3.05) is 44.7 Å². The van der Waals surface area contributed by atoms with Gasteiger partial charge in [0, 0.05) is 31.9 Å². The molecule has 9 heteroatoms. The molecule has 0 unspecified atom stereocenters. The molecule has 0 radical (unpaired) electrons. The van der Waals surface area contributed by atoms with Crippen molar-refractivity contribution >= 4 is 36.4 Å². The largest absolute Gasteiger partial charge is 0.495 e. The van der Waals surface area contributed by atoms with Crippen LogP contribution in [0.1, 0.15) is 48.7 Å². The van der Waals surface area contributed by atoms with Crippen molar-refractivity contribution in [2.45, 2.75) is 45.2 Å². The Morgan fingerprint density at radius 3 is 2.41 bits per heavy atom. The molecule has 0 bridgehead atoms. The number of nitrogens with one attached hydrogen (secondary N) is 1. The molecule has 2 aliphatic rings. The predicted molar refractivity (Wildman–Crippen MR) is 141 cm³/mol. The van der Waals surface area contributed by atoms with Crippen LogP contribution in [-0.4, -0.2) is 60.7 Å². The number of carbonyl (C=O) groups is 1. The topological polar surface area (TPSA) is 66.8 Å². The molecule has 1 aromatic heterocycles. The molecule has 1 amide bonds. The Balaban J connectivity index is 0.00000204. The number of benzene rings is 1. The maximum Gasteiger partial charge on any atom is 0.263 e. The molecule has 0 atom stereocenters. The summed E-state index contributed by atoms with van der Waals surface area (Å²) in [6, 6.07) is 10.0. The number of anilines is 1. The van der Waals surface area contributed by atoms with Crippen molar-refractivity contribution in [1.29, 1.82) is 0 Å². The van der Waals surface area contributed by atoms with Crippen molar-refractivity contribution in [3.63, 3.8) is 0 Å². The van der Waals surface area contributed by atoms with Crippen LogP contribution in [0, 0.1) is 6.92 Å². The van der Waals surface area contributed by atoms with Crippen LogP contribution >= 0.6 is 24.8 Å². The fraction of sp³-hybridized carbons (Fsp3) is 0.520. The van der Waals surface area contributed by atoms with Gasteiger partial charge in [-0.3, -0.25) is 9.59 Å². The van der Waals surface area contributed by atoms with E-state index in [0.29, 0.717) is 25.2 Å². The van der Waals surface area contributed by atoms with E-state index >= 15 is 0 Å². The number of rotatable bonds is 4. The summed E-state index contributed by atoms with van der Waals surface area (Å²) >= 11 is 0. The van der Waals surface area contributed by atoms with Gasteiger partial charge in [0.05, 0.1) is 18.3 Å². The summed E-state index contributed by atoms with van der Waals surface area (Å²) in [6.07, 6.45) is 3.66. The number of aromatic nitrogens is 1. The third-order valence-electron chi connectivity index (χ3n) is 6.81. The van der Waals surface area contributed by atoms with Gasteiger partial charge in [-0.25, -0.2) is 0 Å². The number of carbonyl (C=O) groups excluding carboxylic acids is 1. The number of halogens is 2. The third-order valence-corrected chi connectivity index (χ3v) is 6.81. The van der Waals surface area contributed by atoms with Crippen molar-refractivity contribution in [3.05, 3.63) is 58.0 Å². The van der Waals surface area contributed by atoms with E-state index in [1.807, 2.05) is 42.3 Å². The number of hydrogen-bond donors (Lipinski definition) is 1. The maximum atomic E-state index is 13.6. The first-order valence-electron chi connectivity index (χ1n) is 11.5. The fourth-order valence-electron chi connectivity index (χ4n) is 5.06. The smallest absolute Gasteiger partial charge is 0.263 e. The normalized spacial score (nSPS) is 18.0. The zero-order valence-corrected chi connectivity index (χ0v) is 22.0. The van der Waals surface area contributed by atoms with Crippen LogP contribution in [0.4, 0.5) is 5.69 Å². The molecule has 0 saturated carbocycles. The molecule has 7 nitrogen and oxygen atoms in total. The lowest BCUT2D eigenvalue weighted by atomic mass is 9.96. The summed E-state index contributed by atoms with van der Waals surface area (Å²) in [7, 11) is 1.68. The van der Waals surface area contributed by atoms with Crippen molar-refractivity contribution in [2.24, 2.45) is 0 Å². The molecular formula is C25H36Cl2N4O3. The number of hydrogen-bond acceptors (Lipinski definition) is 5. The zero-order chi connectivity index (χ0) is 22.9. The van der Waals surface area contributed by atoms with Crippen molar-refractivity contribution in [3.8, 4) is 5.75 Å². The Hall–Kier alpha value is -2.22. The van der Waals surface area contributed by atoms with Crippen molar-refractivity contribution in [1.82, 2.24) is 14.8 Å². The van der Waals surface area contributed by atoms with E-state index in [4.69, 9.17) is 4.74 Å². The highest BCUT2D eigenvalue weighted by molar-refractivity contribution is 5.95. The van der Waals surface area contributed by atoms with Crippen molar-refractivity contribution < 1.29 is 9.53 Å². The van der Waals surface area contributed by atoms with E-state index in [9.17, 15) is 9.59 Å². The van der Waals surface area contributed by atoms with E-state index in [0.717, 1.165) is 42.9 Å². The lowest BCUT2D eigenvalue weighted by molar-refractivity contribution is 0.0682. The van der Waals surface area contributed by atoms with Gasteiger partial charge in [-0.05, 0) is 70.5 Å². The Morgan fingerprint density at radius 2 is 1.76 bits per heavy atom. The Kier molecular flexibility index (Phi) is 9.45. The summed E-state index contributed by atoms with van der Waals surface area (Å²) < 4.78 is 7.34. The maximum absolute atomic E-state index is 13.6. The Bertz CT molecular complexity index is 1050. The summed E-state index contributed by atoms with van der Waals surface area (Å²) in [5.41, 5.74) is 1.62. The molecule has 2 aliphatic heterocycles. The number of para-hydroxylation sites is 2. The average molecular weight is 511 g/mol. The number of nitrogens with zero attached hydrogens (tertiary/aromatic N) is 3. The van der Waals surface area contributed by atoms with E-state index in [1.54, 1.807) is 11.7 Å². The minimum Gasteiger partial charge on any atom is -0.495 e. The summed E-state index contributed by atoms with van der Waals surface area (Å²) in [4.78, 5) is 31.1. The van der Waals surface area contributed by atoms with Gasteiger partial charge in [0.2, 0.25) is 0 Å². The molecule has 4 rings (SSSR count). The second-order valence-corrected chi connectivity index (χ2v) is 9.43. The number of pyridine rings is 1. The summed E-state index contributed by atoms with van der Waals surface area (Å²) in [5, 5.41) is 3.34. The number of amides is 1. The number of ether oxygens (including phenoxy) is 1. The number of piperazine rings is 1. The van der Waals surface area contributed by atoms with Gasteiger partial charge < -0.3 is 24.4 Å². The zero-order valence-electron chi connectivity index (χ0n) is 20.4. The Morgan fingerprint density at radius 1 is 1.09 bits per heavy atom. The number of piperidine rings is 1. The lowest BCUT2D eigenvalue weighted by Gasteiger charge is -2.48. The molecule has 34 heavy (non-hydrogen) atoms. The SMILES string of the molecule is COc1ccccc1N1CCN(C(=O)c2c(C)ccn(C3CCNCC3)c2=O)CC1(C)C.Cl.Cl. The summed E-state index contributed by atoms with van der Waals surface area (Å²) in [6.45, 7) is 9.67. The monoisotopic (exact) mass is 510 g/mol.